The molecule has 1 atom stereocenters. The second kappa shape index (κ2) is 5.26. The Bertz CT molecular complexity index is 676. The number of hydrogen-bond acceptors (Lipinski definition) is 5. The first kappa shape index (κ1) is 13.1. The summed E-state index contributed by atoms with van der Waals surface area (Å²) in [4.78, 5) is 12.2. The van der Waals surface area contributed by atoms with Gasteiger partial charge in [0.1, 0.15) is 11.2 Å². The minimum absolute atomic E-state index is 0.219. The van der Waals surface area contributed by atoms with Crippen LogP contribution in [-0.2, 0) is 10.0 Å². The fourth-order valence-corrected chi connectivity index (χ4v) is 4.09. The van der Waals surface area contributed by atoms with Gasteiger partial charge in [0, 0.05) is 25.1 Å². The zero-order chi connectivity index (χ0) is 14.0. The molecule has 1 aliphatic rings. The van der Waals surface area contributed by atoms with E-state index in [1.165, 1.54) is 16.8 Å². The van der Waals surface area contributed by atoms with Gasteiger partial charge in [0.15, 0.2) is 0 Å². The van der Waals surface area contributed by atoms with Crippen LogP contribution in [0.4, 0.5) is 0 Å². The third kappa shape index (κ3) is 2.30. The maximum atomic E-state index is 12.7. The Hall–Kier alpha value is -1.86. The molecule has 7 heteroatoms. The number of hydrogen-bond donors (Lipinski definition) is 0. The molecule has 0 unspecified atom stereocenters. The standard InChI is InChI=1S/C13H14N4O2S/c18-20(19,11-3-1-6-14-9-11)17-8-2-4-13(17)12-5-7-15-10-16-12/h1,3,5-7,9-10,13H,2,4,8H2/t13-/m0/s1. The summed E-state index contributed by atoms with van der Waals surface area (Å²) in [5.74, 6) is 0. The van der Waals surface area contributed by atoms with Crippen molar-refractivity contribution in [3.05, 3.63) is 48.8 Å². The van der Waals surface area contributed by atoms with E-state index in [0.29, 0.717) is 6.54 Å². The molecule has 0 saturated carbocycles. The lowest BCUT2D eigenvalue weighted by Gasteiger charge is -2.23. The topological polar surface area (TPSA) is 76.1 Å². The summed E-state index contributed by atoms with van der Waals surface area (Å²) in [6.45, 7) is 0.506. The highest BCUT2D eigenvalue weighted by atomic mass is 32.2. The molecule has 0 radical (unpaired) electrons. The molecule has 3 rings (SSSR count). The van der Waals surface area contributed by atoms with Crippen LogP contribution in [0, 0.1) is 0 Å². The maximum Gasteiger partial charge on any atom is 0.245 e. The predicted molar refractivity (Wildman–Crippen MR) is 72.1 cm³/mol. The van der Waals surface area contributed by atoms with Crippen molar-refractivity contribution in [1.82, 2.24) is 19.3 Å². The van der Waals surface area contributed by atoms with E-state index >= 15 is 0 Å². The lowest BCUT2D eigenvalue weighted by Crippen LogP contribution is -2.31. The Labute approximate surface area is 117 Å². The fourth-order valence-electron chi connectivity index (χ4n) is 2.46. The van der Waals surface area contributed by atoms with Crippen LogP contribution in [0.1, 0.15) is 24.6 Å². The van der Waals surface area contributed by atoms with Gasteiger partial charge < -0.3 is 0 Å². The molecule has 1 aliphatic heterocycles. The van der Waals surface area contributed by atoms with Crippen molar-refractivity contribution in [3.8, 4) is 0 Å². The van der Waals surface area contributed by atoms with E-state index < -0.39 is 10.0 Å². The van der Waals surface area contributed by atoms with Gasteiger partial charge in [-0.05, 0) is 31.0 Å². The van der Waals surface area contributed by atoms with Gasteiger partial charge in [-0.25, -0.2) is 18.4 Å². The van der Waals surface area contributed by atoms with E-state index in [0.717, 1.165) is 18.5 Å². The molecule has 3 heterocycles. The summed E-state index contributed by atoms with van der Waals surface area (Å²) in [6, 6.07) is 4.74. The van der Waals surface area contributed by atoms with Crippen LogP contribution in [0.2, 0.25) is 0 Å². The van der Waals surface area contributed by atoms with E-state index in [1.54, 1.807) is 30.6 Å². The third-order valence-corrected chi connectivity index (χ3v) is 5.28. The van der Waals surface area contributed by atoms with Crippen molar-refractivity contribution in [2.75, 3.05) is 6.54 Å². The minimum atomic E-state index is -3.53. The molecule has 0 aliphatic carbocycles. The lowest BCUT2D eigenvalue weighted by molar-refractivity contribution is 0.390. The average molecular weight is 290 g/mol. The van der Waals surface area contributed by atoms with Crippen LogP contribution in [0.3, 0.4) is 0 Å². The van der Waals surface area contributed by atoms with Crippen molar-refractivity contribution >= 4 is 10.0 Å². The second-order valence-electron chi connectivity index (χ2n) is 4.60. The Balaban J connectivity index is 1.97. The van der Waals surface area contributed by atoms with Gasteiger partial charge in [-0.15, -0.1) is 0 Å². The van der Waals surface area contributed by atoms with Gasteiger partial charge >= 0.3 is 0 Å². The molecule has 2 aromatic heterocycles. The number of pyridine rings is 1. The molecular weight excluding hydrogens is 276 g/mol. The number of rotatable bonds is 3. The van der Waals surface area contributed by atoms with Gasteiger partial charge in [-0.2, -0.15) is 4.31 Å². The van der Waals surface area contributed by atoms with E-state index in [2.05, 4.69) is 15.0 Å². The zero-order valence-corrected chi connectivity index (χ0v) is 11.6. The van der Waals surface area contributed by atoms with Gasteiger partial charge in [-0.3, -0.25) is 4.98 Å². The summed E-state index contributed by atoms with van der Waals surface area (Å²) in [6.07, 6.45) is 7.62. The SMILES string of the molecule is O=S(=O)(c1cccnc1)N1CCC[C@H]1c1ccncn1. The summed E-state index contributed by atoms with van der Waals surface area (Å²) < 4.78 is 26.8. The highest BCUT2D eigenvalue weighted by Crippen LogP contribution is 2.35. The monoisotopic (exact) mass is 290 g/mol. The molecule has 0 aromatic carbocycles. The first-order chi connectivity index (χ1) is 9.69. The second-order valence-corrected chi connectivity index (χ2v) is 6.49. The van der Waals surface area contributed by atoms with Crippen LogP contribution in [-0.4, -0.2) is 34.2 Å². The van der Waals surface area contributed by atoms with Crippen LogP contribution in [0.15, 0.2) is 48.0 Å². The molecule has 2 aromatic rings. The summed E-state index contributed by atoms with van der Waals surface area (Å²) in [7, 11) is -3.53. The number of aromatic nitrogens is 3. The molecule has 0 amide bonds. The summed E-state index contributed by atoms with van der Waals surface area (Å²) in [5.41, 5.74) is 0.741. The van der Waals surface area contributed by atoms with Crippen LogP contribution < -0.4 is 0 Å². The Morgan fingerprint density at radius 2 is 2.10 bits per heavy atom. The van der Waals surface area contributed by atoms with Crippen LogP contribution in [0.5, 0.6) is 0 Å². The Morgan fingerprint density at radius 3 is 2.80 bits per heavy atom. The van der Waals surface area contributed by atoms with Gasteiger partial charge in [0.25, 0.3) is 0 Å². The van der Waals surface area contributed by atoms with E-state index in [1.807, 2.05) is 0 Å². The van der Waals surface area contributed by atoms with Crippen molar-refractivity contribution in [2.45, 2.75) is 23.8 Å². The quantitative estimate of drug-likeness (QED) is 0.854. The molecule has 0 N–H and O–H groups in total. The smallest absolute Gasteiger partial charge is 0.245 e. The molecular formula is C13H14N4O2S. The van der Waals surface area contributed by atoms with Crippen molar-refractivity contribution in [2.24, 2.45) is 0 Å². The Kier molecular flexibility index (Phi) is 3.45. The summed E-state index contributed by atoms with van der Waals surface area (Å²) in [5, 5.41) is 0. The number of sulfonamides is 1. The van der Waals surface area contributed by atoms with Crippen LogP contribution in [0.25, 0.3) is 0 Å². The van der Waals surface area contributed by atoms with Crippen LogP contribution >= 0.6 is 0 Å². The first-order valence-corrected chi connectivity index (χ1v) is 7.81. The molecule has 0 bridgehead atoms. The molecule has 6 nitrogen and oxygen atoms in total. The predicted octanol–water partition coefficient (Wildman–Crippen LogP) is 1.40. The maximum absolute atomic E-state index is 12.7. The largest absolute Gasteiger partial charge is 0.263 e. The zero-order valence-electron chi connectivity index (χ0n) is 10.8. The van der Waals surface area contributed by atoms with E-state index in [-0.39, 0.29) is 10.9 Å². The van der Waals surface area contributed by atoms with Gasteiger partial charge in [0.2, 0.25) is 10.0 Å². The normalized spacial score (nSPS) is 20.1. The van der Waals surface area contributed by atoms with E-state index in [4.69, 9.17) is 0 Å². The van der Waals surface area contributed by atoms with Crippen molar-refractivity contribution < 1.29 is 8.42 Å². The number of nitrogens with zero attached hydrogens (tertiary/aromatic N) is 4. The minimum Gasteiger partial charge on any atom is -0.263 e. The third-order valence-electron chi connectivity index (χ3n) is 3.39. The van der Waals surface area contributed by atoms with Gasteiger partial charge in [0.05, 0.1) is 11.7 Å². The molecule has 1 fully saturated rings. The average Bonchev–Trinajstić information content (AvgIpc) is 2.99. The highest BCUT2D eigenvalue weighted by Gasteiger charge is 2.36. The molecule has 1 saturated heterocycles. The van der Waals surface area contributed by atoms with Crippen molar-refractivity contribution in [3.63, 3.8) is 0 Å². The lowest BCUT2D eigenvalue weighted by atomic mass is 10.1. The van der Waals surface area contributed by atoms with Crippen molar-refractivity contribution in [1.29, 1.82) is 0 Å². The highest BCUT2D eigenvalue weighted by molar-refractivity contribution is 7.89. The first-order valence-electron chi connectivity index (χ1n) is 6.37. The Morgan fingerprint density at radius 1 is 1.20 bits per heavy atom. The fraction of sp³-hybridized carbons (Fsp3) is 0.308. The summed E-state index contributed by atoms with van der Waals surface area (Å²) >= 11 is 0. The molecule has 20 heavy (non-hydrogen) atoms. The molecule has 0 spiro atoms. The van der Waals surface area contributed by atoms with E-state index in [9.17, 15) is 8.42 Å². The van der Waals surface area contributed by atoms with Gasteiger partial charge in [-0.1, -0.05) is 0 Å². The molecule has 104 valence electrons.